The van der Waals surface area contributed by atoms with E-state index in [0.29, 0.717) is 47.5 Å². The lowest BCUT2D eigenvalue weighted by atomic mass is 9.74. The van der Waals surface area contributed by atoms with Crippen LogP contribution in [0.4, 0.5) is 0 Å². The highest BCUT2D eigenvalue weighted by atomic mass is 16.5. The molecular formula is C27H34O6. The third-order valence-corrected chi connectivity index (χ3v) is 8.50. The Morgan fingerprint density at radius 2 is 1.73 bits per heavy atom. The van der Waals surface area contributed by atoms with Crippen LogP contribution in [0.15, 0.2) is 21.3 Å². The first kappa shape index (κ1) is 21.5. The van der Waals surface area contributed by atoms with Gasteiger partial charge in [-0.3, -0.25) is 4.79 Å². The average Bonchev–Trinajstić information content (AvgIpc) is 3.42. The highest BCUT2D eigenvalue weighted by Gasteiger charge is 2.50. The molecule has 6 heteroatoms. The molecule has 3 aliphatic carbocycles. The number of aliphatic hydroxyl groups is 2. The first-order valence-corrected chi connectivity index (χ1v) is 12.8. The van der Waals surface area contributed by atoms with Crippen LogP contribution in [0.25, 0.3) is 11.0 Å². The maximum absolute atomic E-state index is 13.5. The summed E-state index contributed by atoms with van der Waals surface area (Å²) in [5.74, 6) is 1.55. The normalized spacial score (nSPS) is 31.2. The maximum atomic E-state index is 13.5. The Bertz CT molecular complexity index is 1120. The quantitative estimate of drug-likeness (QED) is 0.675. The van der Waals surface area contributed by atoms with Gasteiger partial charge in [0.05, 0.1) is 11.7 Å². The number of hydrogen-bond acceptors (Lipinski definition) is 6. The van der Waals surface area contributed by atoms with Gasteiger partial charge in [0.1, 0.15) is 39.9 Å². The molecule has 0 radical (unpaired) electrons. The summed E-state index contributed by atoms with van der Waals surface area (Å²) < 4.78 is 19.1. The Morgan fingerprint density at radius 1 is 0.970 bits per heavy atom. The average molecular weight is 455 g/mol. The van der Waals surface area contributed by atoms with Crippen LogP contribution in [-0.4, -0.2) is 28.0 Å². The van der Waals surface area contributed by atoms with Crippen LogP contribution in [-0.2, 0) is 5.60 Å². The Balaban J connectivity index is 1.53. The summed E-state index contributed by atoms with van der Waals surface area (Å²) in [4.78, 5) is 13.5. The number of hydrogen-bond donors (Lipinski definition) is 2. The van der Waals surface area contributed by atoms with Gasteiger partial charge in [-0.1, -0.05) is 19.3 Å². The molecule has 33 heavy (non-hydrogen) atoms. The van der Waals surface area contributed by atoms with E-state index in [-0.39, 0.29) is 23.6 Å². The molecule has 2 heterocycles. The molecule has 1 aliphatic heterocycles. The lowest BCUT2D eigenvalue weighted by Crippen LogP contribution is -2.47. The maximum Gasteiger partial charge on any atom is 0.196 e. The van der Waals surface area contributed by atoms with Crippen LogP contribution in [0, 0.1) is 0 Å². The number of benzene rings is 1. The minimum atomic E-state index is -1.10. The van der Waals surface area contributed by atoms with Crippen molar-refractivity contribution in [2.24, 2.45) is 0 Å². The van der Waals surface area contributed by atoms with Gasteiger partial charge >= 0.3 is 0 Å². The fraction of sp³-hybridized carbons (Fsp3) is 0.667. The molecule has 6 rings (SSSR count). The zero-order valence-electron chi connectivity index (χ0n) is 19.4. The molecule has 1 aromatic heterocycles. The third-order valence-electron chi connectivity index (χ3n) is 8.50. The molecule has 6 nitrogen and oxygen atoms in total. The fourth-order valence-electron chi connectivity index (χ4n) is 6.69. The summed E-state index contributed by atoms with van der Waals surface area (Å²) in [6, 6.07) is 3.27. The van der Waals surface area contributed by atoms with Crippen LogP contribution in [0.2, 0.25) is 0 Å². The standard InChI is InChI=1S/C27H34O6/c1-26(29)11-7-10-17-22-19(33-25(17)26)15-20-23(24(22)31-16-8-3-4-9-16)18(28)14-21(32-20)27(30)12-5-2-6-13-27/h14-17,25,29-30H,2-13H2,1H3/t17-,25+,26-/m1/s1. The molecular weight excluding hydrogens is 420 g/mol. The zero-order valence-corrected chi connectivity index (χ0v) is 19.4. The van der Waals surface area contributed by atoms with E-state index in [1.165, 1.54) is 6.07 Å². The molecule has 1 aromatic carbocycles. The molecule has 4 aliphatic rings. The Morgan fingerprint density at radius 3 is 2.48 bits per heavy atom. The summed E-state index contributed by atoms with van der Waals surface area (Å²) in [6.45, 7) is 1.84. The predicted octanol–water partition coefficient (Wildman–Crippen LogP) is 5.05. The molecule has 3 atom stereocenters. The molecule has 0 bridgehead atoms. The van der Waals surface area contributed by atoms with Crippen LogP contribution >= 0.6 is 0 Å². The second kappa shape index (κ2) is 7.74. The van der Waals surface area contributed by atoms with Gasteiger partial charge in [0, 0.05) is 23.6 Å². The minimum absolute atomic E-state index is 0.00819. The summed E-state index contributed by atoms with van der Waals surface area (Å²) in [5.41, 5.74) is -0.891. The van der Waals surface area contributed by atoms with Gasteiger partial charge in [0.25, 0.3) is 0 Å². The van der Waals surface area contributed by atoms with E-state index in [2.05, 4.69) is 0 Å². The molecule has 0 amide bonds. The topological polar surface area (TPSA) is 89.1 Å². The van der Waals surface area contributed by atoms with E-state index in [4.69, 9.17) is 13.9 Å². The SMILES string of the molecule is C[C@@]1(O)CCC[C@@H]2c3c(cc4oc(C5(O)CCCCC5)cc(=O)c4c3OC3CCCC3)O[C@@H]21. The molecule has 2 aromatic rings. The van der Waals surface area contributed by atoms with Crippen molar-refractivity contribution in [1.82, 2.24) is 0 Å². The van der Waals surface area contributed by atoms with Crippen LogP contribution in [0.3, 0.4) is 0 Å². The van der Waals surface area contributed by atoms with Crippen molar-refractivity contribution in [1.29, 1.82) is 0 Å². The summed E-state index contributed by atoms with van der Waals surface area (Å²) in [7, 11) is 0. The van der Waals surface area contributed by atoms with Gasteiger partial charge in [0.2, 0.25) is 0 Å². The predicted molar refractivity (Wildman–Crippen MR) is 124 cm³/mol. The smallest absolute Gasteiger partial charge is 0.196 e. The molecule has 178 valence electrons. The van der Waals surface area contributed by atoms with E-state index >= 15 is 0 Å². The number of fused-ring (bicyclic) bond motifs is 4. The van der Waals surface area contributed by atoms with E-state index < -0.39 is 11.2 Å². The van der Waals surface area contributed by atoms with Crippen molar-refractivity contribution >= 4 is 11.0 Å². The van der Waals surface area contributed by atoms with Gasteiger partial charge < -0.3 is 24.1 Å². The number of rotatable bonds is 3. The zero-order chi connectivity index (χ0) is 22.8. The van der Waals surface area contributed by atoms with Gasteiger partial charge in [-0.15, -0.1) is 0 Å². The van der Waals surface area contributed by atoms with Crippen molar-refractivity contribution in [2.75, 3.05) is 0 Å². The first-order chi connectivity index (χ1) is 15.9. The fourth-order valence-corrected chi connectivity index (χ4v) is 6.69. The van der Waals surface area contributed by atoms with Crippen molar-refractivity contribution in [3.63, 3.8) is 0 Å². The second-order valence-electron chi connectivity index (χ2n) is 11.0. The second-order valence-corrected chi connectivity index (χ2v) is 11.0. The van der Waals surface area contributed by atoms with Crippen molar-refractivity contribution in [3.8, 4) is 11.5 Å². The Kier molecular flexibility index (Phi) is 5.04. The van der Waals surface area contributed by atoms with Crippen LogP contribution < -0.4 is 14.9 Å². The van der Waals surface area contributed by atoms with Crippen molar-refractivity contribution < 1.29 is 24.1 Å². The molecule has 0 spiro atoms. The van der Waals surface area contributed by atoms with Crippen molar-refractivity contribution in [3.05, 3.63) is 33.7 Å². The van der Waals surface area contributed by atoms with E-state index in [1.54, 1.807) is 6.07 Å². The summed E-state index contributed by atoms with van der Waals surface area (Å²) >= 11 is 0. The number of ether oxygens (including phenoxy) is 2. The third kappa shape index (κ3) is 3.48. The highest BCUT2D eigenvalue weighted by Crippen LogP contribution is 2.54. The first-order valence-electron chi connectivity index (χ1n) is 12.8. The lowest BCUT2D eigenvalue weighted by Gasteiger charge is -2.37. The molecule has 0 unspecified atom stereocenters. The molecule has 3 saturated carbocycles. The van der Waals surface area contributed by atoms with Gasteiger partial charge in [0.15, 0.2) is 5.43 Å². The van der Waals surface area contributed by atoms with E-state index in [9.17, 15) is 15.0 Å². The Hall–Kier alpha value is -2.05. The van der Waals surface area contributed by atoms with E-state index in [0.717, 1.165) is 63.4 Å². The van der Waals surface area contributed by atoms with E-state index in [1.807, 2.05) is 6.92 Å². The van der Waals surface area contributed by atoms with Gasteiger partial charge in [-0.05, 0) is 64.7 Å². The largest absolute Gasteiger partial charge is 0.489 e. The molecule has 0 saturated heterocycles. The highest BCUT2D eigenvalue weighted by molar-refractivity contribution is 5.88. The van der Waals surface area contributed by atoms with Crippen molar-refractivity contribution in [2.45, 2.75) is 113 Å². The minimum Gasteiger partial charge on any atom is -0.489 e. The molecule has 2 N–H and O–H groups in total. The van der Waals surface area contributed by atoms with Crippen LogP contribution in [0.5, 0.6) is 11.5 Å². The van der Waals surface area contributed by atoms with Crippen LogP contribution in [0.1, 0.15) is 101 Å². The van der Waals surface area contributed by atoms with Gasteiger partial charge in [-0.2, -0.15) is 0 Å². The lowest BCUT2D eigenvalue weighted by molar-refractivity contribution is -0.0725. The summed E-state index contributed by atoms with van der Waals surface area (Å²) in [6.07, 6.45) is 10.5. The Labute approximate surface area is 193 Å². The van der Waals surface area contributed by atoms with Gasteiger partial charge in [-0.25, -0.2) is 0 Å². The molecule has 3 fully saturated rings. The monoisotopic (exact) mass is 454 g/mol. The summed E-state index contributed by atoms with van der Waals surface area (Å²) in [5, 5.41) is 22.7.